The number of nitrogens with zero attached hydrogens (tertiary/aromatic N) is 2. The van der Waals surface area contributed by atoms with E-state index in [1.807, 2.05) is 31.2 Å². The molecule has 0 saturated carbocycles. The Bertz CT molecular complexity index is 601. The van der Waals surface area contributed by atoms with Gasteiger partial charge in [-0.1, -0.05) is 28.1 Å². The minimum Gasteiger partial charge on any atom is -0.295 e. The molecule has 0 aliphatic carbocycles. The summed E-state index contributed by atoms with van der Waals surface area (Å²) in [5.41, 5.74) is 0.715. The predicted octanol–water partition coefficient (Wildman–Crippen LogP) is 2.74. The number of allylic oxidation sites excluding steroid dienone is 2. The summed E-state index contributed by atoms with van der Waals surface area (Å²) in [4.78, 5) is 16.3. The fourth-order valence-electron chi connectivity index (χ4n) is 1.48. The highest BCUT2D eigenvalue weighted by Gasteiger charge is 2.02. The van der Waals surface area contributed by atoms with Gasteiger partial charge in [-0.25, -0.2) is 4.98 Å². The lowest BCUT2D eigenvalue weighted by molar-refractivity contribution is 0.766. The van der Waals surface area contributed by atoms with Crippen molar-refractivity contribution in [2.45, 2.75) is 13.5 Å². The van der Waals surface area contributed by atoms with E-state index in [-0.39, 0.29) is 5.56 Å². The normalized spacial score (nSPS) is 11.4. The predicted molar refractivity (Wildman–Crippen MR) is 68.5 cm³/mol. The SMILES string of the molecule is C/C=C/Cn1cnc2cc(Br)ccc2c1=O. The van der Waals surface area contributed by atoms with E-state index in [4.69, 9.17) is 0 Å². The van der Waals surface area contributed by atoms with Gasteiger partial charge in [0.05, 0.1) is 17.2 Å². The maximum absolute atomic E-state index is 12.0. The summed E-state index contributed by atoms with van der Waals surface area (Å²) in [6.45, 7) is 2.49. The molecule has 0 atom stereocenters. The molecule has 0 amide bonds. The molecule has 0 aliphatic heterocycles. The van der Waals surface area contributed by atoms with Crippen LogP contribution in [-0.2, 0) is 6.54 Å². The van der Waals surface area contributed by atoms with Crippen molar-refractivity contribution in [3.05, 3.63) is 51.5 Å². The Kier molecular flexibility index (Phi) is 3.19. The minimum absolute atomic E-state index is 0.00407. The molecule has 4 heteroatoms. The summed E-state index contributed by atoms with van der Waals surface area (Å²) in [5.74, 6) is 0. The van der Waals surface area contributed by atoms with Crippen molar-refractivity contribution in [1.82, 2.24) is 9.55 Å². The van der Waals surface area contributed by atoms with Gasteiger partial charge in [0.15, 0.2) is 0 Å². The van der Waals surface area contributed by atoms with Gasteiger partial charge in [0, 0.05) is 11.0 Å². The highest BCUT2D eigenvalue weighted by Crippen LogP contribution is 2.14. The Labute approximate surface area is 102 Å². The fraction of sp³-hybridized carbons (Fsp3) is 0.167. The molecule has 16 heavy (non-hydrogen) atoms. The number of hydrogen-bond acceptors (Lipinski definition) is 2. The smallest absolute Gasteiger partial charge is 0.261 e. The molecule has 2 rings (SSSR count). The van der Waals surface area contributed by atoms with E-state index in [2.05, 4.69) is 20.9 Å². The highest BCUT2D eigenvalue weighted by atomic mass is 79.9. The Morgan fingerprint density at radius 3 is 3.06 bits per heavy atom. The van der Waals surface area contributed by atoms with Crippen LogP contribution in [0.3, 0.4) is 0 Å². The summed E-state index contributed by atoms with van der Waals surface area (Å²) in [6, 6.07) is 5.49. The Balaban J connectivity index is 2.61. The van der Waals surface area contributed by atoms with Crippen molar-refractivity contribution >= 4 is 26.8 Å². The summed E-state index contributed by atoms with van der Waals surface area (Å²) in [6.07, 6.45) is 5.42. The van der Waals surface area contributed by atoms with E-state index in [1.54, 1.807) is 17.0 Å². The lowest BCUT2D eigenvalue weighted by atomic mass is 10.2. The van der Waals surface area contributed by atoms with E-state index in [1.165, 1.54) is 0 Å². The highest BCUT2D eigenvalue weighted by molar-refractivity contribution is 9.10. The Morgan fingerprint density at radius 2 is 2.31 bits per heavy atom. The molecule has 1 aromatic carbocycles. The van der Waals surface area contributed by atoms with Crippen LogP contribution in [0.25, 0.3) is 10.9 Å². The first-order valence-corrected chi connectivity index (χ1v) is 5.77. The molecule has 0 aliphatic rings. The molecule has 0 N–H and O–H groups in total. The van der Waals surface area contributed by atoms with Crippen LogP contribution in [0.1, 0.15) is 6.92 Å². The van der Waals surface area contributed by atoms with E-state index in [9.17, 15) is 4.79 Å². The van der Waals surface area contributed by atoms with Crippen LogP contribution in [0.15, 0.2) is 45.9 Å². The average molecular weight is 279 g/mol. The first kappa shape index (κ1) is 11.1. The molecule has 0 spiro atoms. The molecule has 0 saturated heterocycles. The standard InChI is InChI=1S/C12H11BrN2O/c1-2-3-6-15-8-14-11-7-9(13)4-5-10(11)12(15)16/h2-5,7-8H,6H2,1H3/b3-2+. The Hall–Kier alpha value is -1.42. The van der Waals surface area contributed by atoms with E-state index < -0.39 is 0 Å². The van der Waals surface area contributed by atoms with Crippen LogP contribution in [0.4, 0.5) is 0 Å². The van der Waals surface area contributed by atoms with E-state index >= 15 is 0 Å². The number of hydrogen-bond donors (Lipinski definition) is 0. The van der Waals surface area contributed by atoms with Crippen LogP contribution in [0.2, 0.25) is 0 Å². The second-order valence-electron chi connectivity index (χ2n) is 3.43. The second-order valence-corrected chi connectivity index (χ2v) is 4.35. The maximum Gasteiger partial charge on any atom is 0.261 e. The van der Waals surface area contributed by atoms with Crippen LogP contribution in [0.5, 0.6) is 0 Å². The number of benzene rings is 1. The van der Waals surface area contributed by atoms with Gasteiger partial charge in [-0.3, -0.25) is 9.36 Å². The van der Waals surface area contributed by atoms with Crippen molar-refractivity contribution in [3.63, 3.8) is 0 Å². The lowest BCUT2D eigenvalue weighted by Crippen LogP contribution is -2.19. The molecule has 0 radical (unpaired) electrons. The molecule has 1 heterocycles. The summed E-state index contributed by atoms with van der Waals surface area (Å²) >= 11 is 3.36. The molecule has 0 fully saturated rings. The third kappa shape index (κ3) is 2.07. The van der Waals surface area contributed by atoms with Gasteiger partial charge in [0.1, 0.15) is 0 Å². The number of aromatic nitrogens is 2. The largest absolute Gasteiger partial charge is 0.295 e. The quantitative estimate of drug-likeness (QED) is 0.792. The lowest BCUT2D eigenvalue weighted by Gasteiger charge is -2.03. The van der Waals surface area contributed by atoms with Crippen molar-refractivity contribution in [1.29, 1.82) is 0 Å². The maximum atomic E-state index is 12.0. The van der Waals surface area contributed by atoms with Crippen molar-refractivity contribution in [2.75, 3.05) is 0 Å². The van der Waals surface area contributed by atoms with E-state index in [0.717, 1.165) is 9.99 Å². The molecule has 0 bridgehead atoms. The van der Waals surface area contributed by atoms with Crippen molar-refractivity contribution in [3.8, 4) is 0 Å². The molecule has 82 valence electrons. The zero-order valence-corrected chi connectivity index (χ0v) is 10.4. The number of rotatable bonds is 2. The molecule has 0 unspecified atom stereocenters. The van der Waals surface area contributed by atoms with Gasteiger partial charge in [0.25, 0.3) is 5.56 Å². The van der Waals surface area contributed by atoms with E-state index in [0.29, 0.717) is 11.9 Å². The number of fused-ring (bicyclic) bond motifs is 1. The second kappa shape index (κ2) is 4.61. The first-order valence-electron chi connectivity index (χ1n) is 4.98. The van der Waals surface area contributed by atoms with Crippen molar-refractivity contribution in [2.24, 2.45) is 0 Å². The molecular weight excluding hydrogens is 268 g/mol. The topological polar surface area (TPSA) is 34.9 Å². The number of halogens is 1. The van der Waals surface area contributed by atoms with Gasteiger partial charge in [0.2, 0.25) is 0 Å². The summed E-state index contributed by atoms with van der Waals surface area (Å²) in [5, 5.41) is 0.648. The van der Waals surface area contributed by atoms with Gasteiger partial charge < -0.3 is 0 Å². The van der Waals surface area contributed by atoms with Crippen LogP contribution < -0.4 is 5.56 Å². The monoisotopic (exact) mass is 278 g/mol. The first-order chi connectivity index (χ1) is 7.72. The van der Waals surface area contributed by atoms with Crippen LogP contribution in [-0.4, -0.2) is 9.55 Å². The van der Waals surface area contributed by atoms with Gasteiger partial charge in [-0.15, -0.1) is 0 Å². The van der Waals surface area contributed by atoms with Crippen LogP contribution >= 0.6 is 15.9 Å². The molecule has 3 nitrogen and oxygen atoms in total. The fourth-order valence-corrected chi connectivity index (χ4v) is 1.83. The third-order valence-electron chi connectivity index (χ3n) is 2.33. The zero-order chi connectivity index (χ0) is 11.5. The Morgan fingerprint density at radius 1 is 1.50 bits per heavy atom. The third-order valence-corrected chi connectivity index (χ3v) is 2.82. The van der Waals surface area contributed by atoms with Crippen LogP contribution in [0, 0.1) is 0 Å². The van der Waals surface area contributed by atoms with Gasteiger partial charge in [-0.05, 0) is 25.1 Å². The van der Waals surface area contributed by atoms with Crippen molar-refractivity contribution < 1.29 is 0 Å². The minimum atomic E-state index is -0.00407. The van der Waals surface area contributed by atoms with Gasteiger partial charge in [-0.2, -0.15) is 0 Å². The molecule has 2 aromatic rings. The summed E-state index contributed by atoms with van der Waals surface area (Å²) in [7, 11) is 0. The average Bonchev–Trinajstić information content (AvgIpc) is 2.28. The molecule has 1 aromatic heterocycles. The zero-order valence-electron chi connectivity index (χ0n) is 8.85. The van der Waals surface area contributed by atoms with Gasteiger partial charge >= 0.3 is 0 Å². The summed E-state index contributed by atoms with van der Waals surface area (Å²) < 4.78 is 2.52. The molecular formula is C12H11BrN2O.